The molecule has 0 N–H and O–H groups in total. The third kappa shape index (κ3) is 5.84. The summed E-state index contributed by atoms with van der Waals surface area (Å²) in [6.45, 7) is 9.03. The quantitative estimate of drug-likeness (QED) is 0.608. The van der Waals surface area contributed by atoms with Crippen LogP contribution in [0.2, 0.25) is 0 Å². The van der Waals surface area contributed by atoms with Crippen LogP contribution in [0.1, 0.15) is 42.9 Å². The Hall–Kier alpha value is -2.64. The van der Waals surface area contributed by atoms with E-state index in [1.807, 2.05) is 17.0 Å². The summed E-state index contributed by atoms with van der Waals surface area (Å²) in [5, 5.41) is 0. The van der Waals surface area contributed by atoms with Gasteiger partial charge in [-0.3, -0.25) is 14.0 Å². The zero-order valence-corrected chi connectivity index (χ0v) is 20.3. The minimum Gasteiger partial charge on any atom is -0.337 e. The smallest absolute Gasteiger partial charge is 0.246 e. The topological polar surface area (TPSA) is 60.9 Å². The van der Waals surface area contributed by atoms with Crippen LogP contribution in [0, 0.1) is 0 Å². The predicted octanol–water partition coefficient (Wildman–Crippen LogP) is 3.71. The minimum atomic E-state index is -3.17. The highest BCUT2D eigenvalue weighted by Gasteiger charge is 2.28. The minimum absolute atomic E-state index is 0.0159. The molecule has 0 radical (unpaired) electrons. The second kappa shape index (κ2) is 10.1. The average molecular weight is 468 g/mol. The van der Waals surface area contributed by atoms with Crippen LogP contribution in [0.5, 0.6) is 0 Å². The number of sulfonamides is 1. The van der Waals surface area contributed by atoms with Gasteiger partial charge in [-0.1, -0.05) is 50.2 Å². The van der Waals surface area contributed by atoms with Crippen LogP contribution in [-0.4, -0.2) is 62.6 Å². The highest BCUT2D eigenvalue weighted by Crippen LogP contribution is 2.24. The van der Waals surface area contributed by atoms with E-state index in [2.05, 4.69) is 43.0 Å². The first kappa shape index (κ1) is 23.5. The first-order valence-electron chi connectivity index (χ1n) is 11.7. The first-order chi connectivity index (χ1) is 15.8. The van der Waals surface area contributed by atoms with Crippen LogP contribution in [0.3, 0.4) is 0 Å². The van der Waals surface area contributed by atoms with Crippen LogP contribution in [0.25, 0.3) is 6.08 Å². The maximum atomic E-state index is 12.6. The van der Waals surface area contributed by atoms with Gasteiger partial charge in [0.25, 0.3) is 0 Å². The molecule has 0 unspecified atom stereocenters. The Morgan fingerprint density at radius 2 is 1.61 bits per heavy atom. The second-order valence-corrected chi connectivity index (χ2v) is 11.2. The maximum absolute atomic E-state index is 12.6. The Labute approximate surface area is 197 Å². The highest BCUT2D eigenvalue weighted by molar-refractivity contribution is 7.93. The molecule has 6 nitrogen and oxygen atoms in total. The molecule has 2 aliphatic heterocycles. The largest absolute Gasteiger partial charge is 0.337 e. The number of carbonyl (C=O) groups is 1. The molecule has 2 saturated heterocycles. The molecule has 176 valence electrons. The molecule has 2 fully saturated rings. The van der Waals surface area contributed by atoms with Gasteiger partial charge in [-0.05, 0) is 47.2 Å². The average Bonchev–Trinajstić information content (AvgIpc) is 3.17. The van der Waals surface area contributed by atoms with Crippen molar-refractivity contribution in [2.45, 2.75) is 32.7 Å². The molecule has 2 aromatic rings. The molecular weight excluding hydrogens is 434 g/mol. The van der Waals surface area contributed by atoms with Crippen molar-refractivity contribution in [3.05, 3.63) is 71.3 Å². The van der Waals surface area contributed by atoms with Gasteiger partial charge in [0.15, 0.2) is 0 Å². The van der Waals surface area contributed by atoms with Gasteiger partial charge in [0.2, 0.25) is 15.9 Å². The Kier molecular flexibility index (Phi) is 7.20. The van der Waals surface area contributed by atoms with E-state index in [0.29, 0.717) is 24.6 Å². The molecule has 0 atom stereocenters. The summed E-state index contributed by atoms with van der Waals surface area (Å²) in [6, 6.07) is 16.2. The third-order valence-electron chi connectivity index (χ3n) is 6.44. The summed E-state index contributed by atoms with van der Waals surface area (Å²) >= 11 is 0. The fourth-order valence-corrected chi connectivity index (χ4v) is 5.91. The van der Waals surface area contributed by atoms with Crippen molar-refractivity contribution in [2.75, 3.05) is 42.8 Å². The molecule has 0 aromatic heterocycles. The summed E-state index contributed by atoms with van der Waals surface area (Å²) in [4.78, 5) is 16.9. The normalized spacial score (nSPS) is 19.0. The van der Waals surface area contributed by atoms with Crippen molar-refractivity contribution in [1.82, 2.24) is 9.80 Å². The van der Waals surface area contributed by atoms with E-state index in [9.17, 15) is 13.2 Å². The first-order valence-corrected chi connectivity index (χ1v) is 13.3. The summed E-state index contributed by atoms with van der Waals surface area (Å²) in [5.74, 6) is 0.767. The molecule has 7 heteroatoms. The molecular formula is C26H33N3O3S. The summed E-state index contributed by atoms with van der Waals surface area (Å²) in [5.41, 5.74) is 4.24. The molecule has 2 aliphatic rings. The molecule has 1 amide bonds. The molecule has 0 saturated carbocycles. The Morgan fingerprint density at radius 3 is 2.18 bits per heavy atom. The van der Waals surface area contributed by atoms with Gasteiger partial charge in [0.05, 0.1) is 11.4 Å². The number of piperazine rings is 1. The Balaban J connectivity index is 1.26. The number of nitrogens with zero attached hydrogens (tertiary/aromatic N) is 3. The lowest BCUT2D eigenvalue weighted by atomic mass is 10.0. The van der Waals surface area contributed by atoms with Gasteiger partial charge in [-0.25, -0.2) is 8.42 Å². The maximum Gasteiger partial charge on any atom is 0.246 e. The highest BCUT2D eigenvalue weighted by atomic mass is 32.2. The third-order valence-corrected chi connectivity index (χ3v) is 8.30. The lowest BCUT2D eigenvalue weighted by molar-refractivity contribution is -0.127. The van der Waals surface area contributed by atoms with Crippen LogP contribution >= 0.6 is 0 Å². The van der Waals surface area contributed by atoms with Crippen LogP contribution < -0.4 is 4.31 Å². The zero-order valence-electron chi connectivity index (χ0n) is 19.5. The van der Waals surface area contributed by atoms with Crippen molar-refractivity contribution in [2.24, 2.45) is 0 Å². The number of benzene rings is 2. The van der Waals surface area contributed by atoms with Crippen LogP contribution in [-0.2, 0) is 21.4 Å². The molecule has 0 spiro atoms. The number of anilines is 1. The van der Waals surface area contributed by atoms with E-state index >= 15 is 0 Å². The van der Waals surface area contributed by atoms with Gasteiger partial charge < -0.3 is 4.90 Å². The summed E-state index contributed by atoms with van der Waals surface area (Å²) in [6.07, 6.45) is 4.07. The van der Waals surface area contributed by atoms with E-state index in [-0.39, 0.29) is 11.7 Å². The molecule has 33 heavy (non-hydrogen) atoms. The fourth-order valence-electron chi connectivity index (χ4n) is 4.35. The van der Waals surface area contributed by atoms with Crippen molar-refractivity contribution in [3.8, 4) is 0 Å². The van der Waals surface area contributed by atoms with Gasteiger partial charge >= 0.3 is 0 Å². The molecule has 2 heterocycles. The van der Waals surface area contributed by atoms with Gasteiger partial charge in [0.1, 0.15) is 0 Å². The predicted molar refractivity (Wildman–Crippen MR) is 134 cm³/mol. The molecule has 0 bridgehead atoms. The lowest BCUT2D eigenvalue weighted by Gasteiger charge is -2.34. The standard InChI is InChI=1S/C26H33N3O3S/c1-21(2)24-9-4-23(5-10-24)20-27-15-17-28(18-16-27)26(30)13-8-22-6-11-25(12-7-22)29-14-3-19-33(29,31)32/h4-13,21H,3,14-20H2,1-2H3/b13-8+. The fraction of sp³-hybridized carbons (Fsp3) is 0.423. The van der Waals surface area contributed by atoms with Gasteiger partial charge in [-0.15, -0.1) is 0 Å². The number of hydrogen-bond donors (Lipinski definition) is 0. The molecule has 2 aromatic carbocycles. The van der Waals surface area contributed by atoms with Crippen molar-refractivity contribution in [1.29, 1.82) is 0 Å². The van der Waals surface area contributed by atoms with E-state index in [1.165, 1.54) is 15.4 Å². The van der Waals surface area contributed by atoms with Crippen LogP contribution in [0.4, 0.5) is 5.69 Å². The molecule has 0 aliphatic carbocycles. The summed E-state index contributed by atoms with van der Waals surface area (Å²) < 4.78 is 25.6. The van der Waals surface area contributed by atoms with Crippen LogP contribution in [0.15, 0.2) is 54.6 Å². The lowest BCUT2D eigenvalue weighted by Crippen LogP contribution is -2.47. The SMILES string of the molecule is CC(C)c1ccc(CN2CCN(C(=O)/C=C/c3ccc(N4CCCS4(=O)=O)cc3)CC2)cc1. The van der Waals surface area contributed by atoms with Gasteiger partial charge in [-0.2, -0.15) is 0 Å². The van der Waals surface area contributed by atoms with Crippen molar-refractivity contribution in [3.63, 3.8) is 0 Å². The Bertz CT molecular complexity index is 1080. The van der Waals surface area contributed by atoms with E-state index in [1.54, 1.807) is 24.3 Å². The second-order valence-electron chi connectivity index (χ2n) is 9.16. The monoisotopic (exact) mass is 467 g/mol. The van der Waals surface area contributed by atoms with Crippen molar-refractivity contribution < 1.29 is 13.2 Å². The van der Waals surface area contributed by atoms with E-state index in [0.717, 1.165) is 38.3 Å². The van der Waals surface area contributed by atoms with E-state index in [4.69, 9.17) is 0 Å². The number of hydrogen-bond acceptors (Lipinski definition) is 4. The summed E-state index contributed by atoms with van der Waals surface area (Å²) in [7, 11) is -3.17. The number of carbonyl (C=O) groups excluding carboxylic acids is 1. The number of rotatable bonds is 6. The Morgan fingerprint density at radius 1 is 0.939 bits per heavy atom. The number of amides is 1. The van der Waals surface area contributed by atoms with Crippen molar-refractivity contribution >= 4 is 27.7 Å². The van der Waals surface area contributed by atoms with Gasteiger partial charge in [0, 0.05) is 45.3 Å². The van der Waals surface area contributed by atoms with E-state index < -0.39 is 10.0 Å². The zero-order chi connectivity index (χ0) is 23.4. The molecule has 4 rings (SSSR count).